The number of para-hydroxylation sites is 1. The van der Waals surface area contributed by atoms with Gasteiger partial charge in [-0.1, -0.05) is 48.5 Å². The van der Waals surface area contributed by atoms with Crippen LogP contribution in [0.4, 0.5) is 5.69 Å². The highest BCUT2D eigenvalue weighted by molar-refractivity contribution is 5.98. The molecule has 4 heteroatoms. The first-order valence-corrected chi connectivity index (χ1v) is 8.54. The number of hydrogen-bond acceptors (Lipinski definition) is 3. The highest BCUT2D eigenvalue weighted by atomic mass is 16.5. The Labute approximate surface area is 143 Å². The van der Waals surface area contributed by atoms with Crippen molar-refractivity contribution in [3.8, 4) is 11.1 Å². The van der Waals surface area contributed by atoms with E-state index in [1.54, 1.807) is 0 Å². The van der Waals surface area contributed by atoms with Crippen LogP contribution in [0.5, 0.6) is 0 Å². The topological polar surface area (TPSA) is 50.4 Å². The molecule has 126 valence electrons. The number of carbonyl (C=O) groups excluding carboxylic acids is 1. The fourth-order valence-electron chi connectivity index (χ4n) is 2.91. The van der Waals surface area contributed by atoms with Crippen LogP contribution < -0.4 is 10.6 Å². The van der Waals surface area contributed by atoms with Crippen LogP contribution in [-0.2, 0) is 9.53 Å². The Kier molecular flexibility index (Phi) is 5.62. The van der Waals surface area contributed by atoms with Gasteiger partial charge in [0.05, 0.1) is 12.1 Å². The first kappa shape index (κ1) is 16.7. The van der Waals surface area contributed by atoms with E-state index in [4.69, 9.17) is 4.74 Å². The third kappa shape index (κ3) is 4.22. The Morgan fingerprint density at radius 2 is 1.92 bits per heavy atom. The average Bonchev–Trinajstić information content (AvgIpc) is 3.14. The number of amides is 1. The lowest BCUT2D eigenvalue weighted by molar-refractivity contribution is -0.117. The molecule has 0 saturated carbocycles. The standard InChI is InChI=1S/C20H24N2O2/c1-15(21-14-17-10-7-13-24-17)20(23)22-19-12-6-5-11-18(19)16-8-3-2-4-9-16/h2-6,8-9,11-12,15,17,21H,7,10,13-14H2,1H3,(H,22,23)/t15-,17+/m1/s1. The van der Waals surface area contributed by atoms with Crippen LogP contribution in [0, 0.1) is 0 Å². The predicted molar refractivity (Wildman–Crippen MR) is 96.9 cm³/mol. The molecular weight excluding hydrogens is 300 g/mol. The summed E-state index contributed by atoms with van der Waals surface area (Å²) >= 11 is 0. The van der Waals surface area contributed by atoms with Crippen molar-refractivity contribution in [3.63, 3.8) is 0 Å². The summed E-state index contributed by atoms with van der Waals surface area (Å²) in [5.41, 5.74) is 2.95. The number of carbonyl (C=O) groups is 1. The van der Waals surface area contributed by atoms with Crippen molar-refractivity contribution in [1.82, 2.24) is 5.32 Å². The molecule has 1 saturated heterocycles. The minimum Gasteiger partial charge on any atom is -0.377 e. The fraction of sp³-hybridized carbons (Fsp3) is 0.350. The summed E-state index contributed by atoms with van der Waals surface area (Å²) in [7, 11) is 0. The molecule has 0 unspecified atom stereocenters. The summed E-state index contributed by atoms with van der Waals surface area (Å²) in [6.45, 7) is 3.43. The van der Waals surface area contributed by atoms with E-state index in [1.807, 2.05) is 61.5 Å². The van der Waals surface area contributed by atoms with Crippen LogP contribution >= 0.6 is 0 Å². The molecule has 2 N–H and O–H groups in total. The predicted octanol–water partition coefficient (Wildman–Crippen LogP) is 3.45. The van der Waals surface area contributed by atoms with Gasteiger partial charge in [0.1, 0.15) is 0 Å². The molecule has 2 aromatic rings. The zero-order valence-electron chi connectivity index (χ0n) is 14.0. The second kappa shape index (κ2) is 8.08. The van der Waals surface area contributed by atoms with Crippen LogP contribution in [0.15, 0.2) is 54.6 Å². The maximum atomic E-state index is 12.5. The SMILES string of the molecule is C[C@@H](NC[C@@H]1CCCO1)C(=O)Nc1ccccc1-c1ccccc1. The molecule has 1 aliphatic heterocycles. The number of hydrogen-bond donors (Lipinski definition) is 2. The van der Waals surface area contributed by atoms with E-state index in [2.05, 4.69) is 10.6 Å². The van der Waals surface area contributed by atoms with E-state index in [0.717, 1.165) is 42.8 Å². The summed E-state index contributed by atoms with van der Waals surface area (Å²) in [5, 5.41) is 6.31. The van der Waals surface area contributed by atoms with Gasteiger partial charge in [-0.15, -0.1) is 0 Å². The van der Waals surface area contributed by atoms with E-state index in [0.29, 0.717) is 0 Å². The molecule has 1 amide bonds. The molecule has 24 heavy (non-hydrogen) atoms. The summed E-state index contributed by atoms with van der Waals surface area (Å²) < 4.78 is 5.58. The first-order valence-electron chi connectivity index (χ1n) is 8.54. The molecule has 0 aliphatic carbocycles. The van der Waals surface area contributed by atoms with Gasteiger partial charge in [0.25, 0.3) is 0 Å². The monoisotopic (exact) mass is 324 g/mol. The molecule has 0 spiro atoms. The highest BCUT2D eigenvalue weighted by Gasteiger charge is 2.19. The fourth-order valence-corrected chi connectivity index (χ4v) is 2.91. The Morgan fingerprint density at radius 1 is 1.17 bits per heavy atom. The van der Waals surface area contributed by atoms with Crippen molar-refractivity contribution in [2.75, 3.05) is 18.5 Å². The molecular formula is C20H24N2O2. The Bertz CT molecular complexity index is 666. The molecule has 2 aromatic carbocycles. The lowest BCUT2D eigenvalue weighted by atomic mass is 10.0. The van der Waals surface area contributed by atoms with Gasteiger partial charge in [-0.3, -0.25) is 4.79 Å². The molecule has 4 nitrogen and oxygen atoms in total. The van der Waals surface area contributed by atoms with Crippen molar-refractivity contribution in [2.45, 2.75) is 31.9 Å². The Morgan fingerprint density at radius 3 is 2.67 bits per heavy atom. The van der Waals surface area contributed by atoms with Crippen molar-refractivity contribution in [2.24, 2.45) is 0 Å². The van der Waals surface area contributed by atoms with Crippen molar-refractivity contribution in [1.29, 1.82) is 0 Å². The first-order chi connectivity index (χ1) is 11.7. The van der Waals surface area contributed by atoms with E-state index in [9.17, 15) is 4.79 Å². The normalized spacial score (nSPS) is 18.3. The smallest absolute Gasteiger partial charge is 0.241 e. The Balaban J connectivity index is 1.63. The summed E-state index contributed by atoms with van der Waals surface area (Å²) in [6, 6.07) is 17.7. The minimum absolute atomic E-state index is 0.0311. The van der Waals surface area contributed by atoms with Gasteiger partial charge in [0.15, 0.2) is 0 Å². The summed E-state index contributed by atoms with van der Waals surface area (Å²) in [6.07, 6.45) is 2.41. The maximum Gasteiger partial charge on any atom is 0.241 e. The molecule has 2 atom stereocenters. The van der Waals surface area contributed by atoms with Gasteiger partial charge < -0.3 is 15.4 Å². The van der Waals surface area contributed by atoms with E-state index >= 15 is 0 Å². The van der Waals surface area contributed by atoms with Crippen molar-refractivity contribution < 1.29 is 9.53 Å². The highest BCUT2D eigenvalue weighted by Crippen LogP contribution is 2.27. The van der Waals surface area contributed by atoms with Crippen LogP contribution in [0.25, 0.3) is 11.1 Å². The van der Waals surface area contributed by atoms with Crippen molar-refractivity contribution in [3.05, 3.63) is 54.6 Å². The number of nitrogens with one attached hydrogen (secondary N) is 2. The van der Waals surface area contributed by atoms with Crippen LogP contribution in [0.1, 0.15) is 19.8 Å². The number of benzene rings is 2. The second-order valence-corrected chi connectivity index (χ2v) is 6.17. The van der Waals surface area contributed by atoms with Crippen LogP contribution in [-0.4, -0.2) is 31.2 Å². The van der Waals surface area contributed by atoms with Gasteiger partial charge >= 0.3 is 0 Å². The van der Waals surface area contributed by atoms with Gasteiger partial charge in [0.2, 0.25) is 5.91 Å². The summed E-state index contributed by atoms with van der Waals surface area (Å²) in [5.74, 6) is -0.0311. The number of anilines is 1. The number of ether oxygens (including phenoxy) is 1. The van der Waals surface area contributed by atoms with Gasteiger partial charge in [-0.2, -0.15) is 0 Å². The second-order valence-electron chi connectivity index (χ2n) is 6.17. The van der Waals surface area contributed by atoms with Gasteiger partial charge in [0, 0.05) is 24.4 Å². The molecule has 1 fully saturated rings. The lowest BCUT2D eigenvalue weighted by Crippen LogP contribution is -2.41. The molecule has 0 radical (unpaired) electrons. The van der Waals surface area contributed by atoms with Crippen LogP contribution in [0.2, 0.25) is 0 Å². The quantitative estimate of drug-likeness (QED) is 0.856. The van der Waals surface area contributed by atoms with Gasteiger partial charge in [-0.25, -0.2) is 0 Å². The average molecular weight is 324 g/mol. The third-order valence-electron chi connectivity index (χ3n) is 4.34. The van der Waals surface area contributed by atoms with Crippen LogP contribution in [0.3, 0.4) is 0 Å². The molecule has 1 heterocycles. The molecule has 3 rings (SSSR count). The van der Waals surface area contributed by atoms with E-state index in [-0.39, 0.29) is 18.1 Å². The maximum absolute atomic E-state index is 12.5. The number of rotatable bonds is 6. The molecule has 1 aliphatic rings. The summed E-state index contributed by atoms with van der Waals surface area (Å²) in [4.78, 5) is 12.5. The Hall–Kier alpha value is -2.17. The lowest BCUT2D eigenvalue weighted by Gasteiger charge is -2.18. The largest absolute Gasteiger partial charge is 0.377 e. The zero-order chi connectivity index (χ0) is 16.8. The van der Waals surface area contributed by atoms with Gasteiger partial charge in [-0.05, 0) is 31.4 Å². The van der Waals surface area contributed by atoms with E-state index < -0.39 is 0 Å². The minimum atomic E-state index is -0.266. The molecule has 0 aromatic heterocycles. The third-order valence-corrected chi connectivity index (χ3v) is 4.34. The van der Waals surface area contributed by atoms with E-state index in [1.165, 1.54) is 0 Å². The van der Waals surface area contributed by atoms with Crippen molar-refractivity contribution >= 4 is 11.6 Å². The molecule has 0 bridgehead atoms. The zero-order valence-corrected chi connectivity index (χ0v) is 14.0.